The molecule has 124 valence electrons. The van der Waals surface area contributed by atoms with Gasteiger partial charge >= 0.3 is 0 Å². The first-order valence-corrected chi connectivity index (χ1v) is 7.90. The van der Waals surface area contributed by atoms with Crippen LogP contribution in [0, 0.1) is 0 Å². The normalized spacial score (nSPS) is 11.0. The van der Waals surface area contributed by atoms with Gasteiger partial charge in [-0.3, -0.25) is 4.79 Å². The zero-order valence-electron chi connectivity index (χ0n) is 13.9. The number of hydrogen-bond acceptors (Lipinski definition) is 4. The summed E-state index contributed by atoms with van der Waals surface area (Å²) >= 11 is 0. The smallest absolute Gasteiger partial charge is 0.201 e. The Morgan fingerprint density at radius 2 is 1.56 bits per heavy atom. The van der Waals surface area contributed by atoms with Crippen LogP contribution in [0.3, 0.4) is 0 Å². The van der Waals surface area contributed by atoms with Crippen LogP contribution in [0.15, 0.2) is 69.9 Å². The van der Waals surface area contributed by atoms with E-state index in [-0.39, 0.29) is 5.43 Å². The highest BCUT2D eigenvalue weighted by molar-refractivity contribution is 5.99. The van der Waals surface area contributed by atoms with E-state index < -0.39 is 0 Å². The summed E-state index contributed by atoms with van der Waals surface area (Å²) in [5.41, 5.74) is 2.78. The molecular formula is C21H16O4. The summed E-state index contributed by atoms with van der Waals surface area (Å²) in [5, 5.41) is 1.14. The number of benzene rings is 3. The van der Waals surface area contributed by atoms with Crippen molar-refractivity contribution in [2.45, 2.75) is 0 Å². The van der Waals surface area contributed by atoms with E-state index in [1.165, 1.54) is 0 Å². The van der Waals surface area contributed by atoms with Crippen LogP contribution in [0.25, 0.3) is 33.1 Å². The molecule has 0 bridgehead atoms. The third-order valence-corrected chi connectivity index (χ3v) is 4.30. The molecule has 0 spiro atoms. The largest absolute Gasteiger partial charge is 0.493 e. The second-order valence-corrected chi connectivity index (χ2v) is 5.68. The van der Waals surface area contributed by atoms with Crippen LogP contribution in [0.4, 0.5) is 0 Å². The van der Waals surface area contributed by atoms with Crippen LogP contribution in [0.2, 0.25) is 0 Å². The van der Waals surface area contributed by atoms with Crippen LogP contribution in [0.1, 0.15) is 0 Å². The zero-order valence-corrected chi connectivity index (χ0v) is 13.9. The summed E-state index contributed by atoms with van der Waals surface area (Å²) < 4.78 is 16.6. The Morgan fingerprint density at radius 3 is 2.36 bits per heavy atom. The monoisotopic (exact) mass is 332 g/mol. The SMILES string of the molecule is COc1ccc(-c2cccc3oc4ccccc4c(=O)c23)cc1OC. The minimum atomic E-state index is -0.0396. The minimum Gasteiger partial charge on any atom is -0.493 e. The van der Waals surface area contributed by atoms with Crippen LogP contribution in [-0.2, 0) is 0 Å². The summed E-state index contributed by atoms with van der Waals surface area (Å²) in [6.07, 6.45) is 0. The number of hydrogen-bond donors (Lipinski definition) is 0. The van der Waals surface area contributed by atoms with Crippen molar-refractivity contribution in [3.63, 3.8) is 0 Å². The minimum absolute atomic E-state index is 0.0396. The molecule has 4 aromatic rings. The molecule has 0 radical (unpaired) electrons. The number of methoxy groups -OCH3 is 2. The molecule has 0 saturated carbocycles. The molecule has 1 aromatic heterocycles. The topological polar surface area (TPSA) is 48.7 Å². The van der Waals surface area contributed by atoms with Gasteiger partial charge in [0.05, 0.1) is 25.0 Å². The fraction of sp³-hybridized carbons (Fsp3) is 0.0952. The van der Waals surface area contributed by atoms with Gasteiger partial charge < -0.3 is 13.9 Å². The Kier molecular flexibility index (Phi) is 3.65. The van der Waals surface area contributed by atoms with E-state index in [1.54, 1.807) is 26.4 Å². The van der Waals surface area contributed by atoms with Crippen molar-refractivity contribution < 1.29 is 13.9 Å². The number of fused-ring (bicyclic) bond motifs is 2. The lowest BCUT2D eigenvalue weighted by Crippen LogP contribution is -2.03. The summed E-state index contributed by atoms with van der Waals surface area (Å²) in [4.78, 5) is 13.0. The molecule has 0 fully saturated rings. The standard InChI is InChI=1S/C21H16O4/c1-23-17-11-10-13(12-19(17)24-2)14-7-5-9-18-20(14)21(22)15-6-3-4-8-16(15)25-18/h3-12H,1-2H3. The van der Waals surface area contributed by atoms with Crippen molar-refractivity contribution in [3.8, 4) is 22.6 Å². The van der Waals surface area contributed by atoms with Crippen molar-refractivity contribution >= 4 is 21.9 Å². The Bertz CT molecular complexity index is 1140. The van der Waals surface area contributed by atoms with Gasteiger partial charge in [-0.2, -0.15) is 0 Å². The predicted molar refractivity (Wildman–Crippen MR) is 98.5 cm³/mol. The van der Waals surface area contributed by atoms with Gasteiger partial charge in [0.15, 0.2) is 11.5 Å². The molecular weight excluding hydrogens is 316 g/mol. The lowest BCUT2D eigenvalue weighted by molar-refractivity contribution is 0.355. The first-order valence-electron chi connectivity index (χ1n) is 7.90. The molecule has 0 atom stereocenters. The maximum absolute atomic E-state index is 13.0. The first kappa shape index (κ1) is 15.3. The third kappa shape index (κ3) is 2.43. The van der Waals surface area contributed by atoms with Crippen molar-refractivity contribution in [2.75, 3.05) is 14.2 Å². The molecule has 4 nitrogen and oxygen atoms in total. The van der Waals surface area contributed by atoms with Gasteiger partial charge in [-0.05, 0) is 41.5 Å². The second-order valence-electron chi connectivity index (χ2n) is 5.68. The highest BCUT2D eigenvalue weighted by atomic mass is 16.5. The van der Waals surface area contributed by atoms with Gasteiger partial charge in [-0.1, -0.05) is 30.3 Å². The summed E-state index contributed by atoms with van der Waals surface area (Å²) in [7, 11) is 3.18. The van der Waals surface area contributed by atoms with Gasteiger partial charge in [0, 0.05) is 0 Å². The molecule has 4 rings (SSSR count). The molecule has 0 aliphatic heterocycles. The van der Waals surface area contributed by atoms with E-state index in [9.17, 15) is 4.79 Å². The summed E-state index contributed by atoms with van der Waals surface area (Å²) in [6.45, 7) is 0. The van der Waals surface area contributed by atoms with E-state index >= 15 is 0 Å². The molecule has 1 heterocycles. The highest BCUT2D eigenvalue weighted by Gasteiger charge is 2.14. The van der Waals surface area contributed by atoms with Gasteiger partial charge in [-0.15, -0.1) is 0 Å². The summed E-state index contributed by atoms with van der Waals surface area (Å²) in [5.74, 6) is 1.26. The molecule has 0 aliphatic carbocycles. The van der Waals surface area contributed by atoms with E-state index in [0.29, 0.717) is 33.4 Å². The molecule has 25 heavy (non-hydrogen) atoms. The number of ether oxygens (including phenoxy) is 2. The molecule has 0 aliphatic rings. The number of para-hydroxylation sites is 1. The average molecular weight is 332 g/mol. The van der Waals surface area contributed by atoms with Gasteiger partial charge in [0.25, 0.3) is 0 Å². The van der Waals surface area contributed by atoms with Gasteiger partial charge in [0.2, 0.25) is 5.43 Å². The van der Waals surface area contributed by atoms with E-state index in [0.717, 1.165) is 11.1 Å². The molecule has 0 amide bonds. The second kappa shape index (κ2) is 5.98. The molecule has 4 heteroatoms. The molecule has 3 aromatic carbocycles. The van der Waals surface area contributed by atoms with E-state index in [1.807, 2.05) is 48.5 Å². The lowest BCUT2D eigenvalue weighted by atomic mass is 9.99. The molecule has 0 N–H and O–H groups in total. The number of rotatable bonds is 3. The third-order valence-electron chi connectivity index (χ3n) is 4.30. The van der Waals surface area contributed by atoms with Crippen LogP contribution in [0.5, 0.6) is 11.5 Å². The Hall–Kier alpha value is -3.27. The van der Waals surface area contributed by atoms with Crippen molar-refractivity contribution in [1.82, 2.24) is 0 Å². The van der Waals surface area contributed by atoms with Gasteiger partial charge in [0.1, 0.15) is 11.2 Å². The Labute approximate surface area is 144 Å². The van der Waals surface area contributed by atoms with Crippen LogP contribution >= 0.6 is 0 Å². The Morgan fingerprint density at radius 1 is 0.800 bits per heavy atom. The lowest BCUT2D eigenvalue weighted by Gasteiger charge is -2.11. The fourth-order valence-electron chi connectivity index (χ4n) is 3.09. The van der Waals surface area contributed by atoms with Crippen LogP contribution in [-0.4, -0.2) is 14.2 Å². The summed E-state index contributed by atoms with van der Waals surface area (Å²) in [6, 6.07) is 18.5. The predicted octanol–water partition coefficient (Wildman–Crippen LogP) is 4.63. The zero-order chi connectivity index (χ0) is 17.4. The maximum Gasteiger partial charge on any atom is 0.201 e. The molecule has 0 unspecified atom stereocenters. The molecule has 0 saturated heterocycles. The maximum atomic E-state index is 13.0. The van der Waals surface area contributed by atoms with Crippen molar-refractivity contribution in [2.24, 2.45) is 0 Å². The van der Waals surface area contributed by atoms with Crippen LogP contribution < -0.4 is 14.9 Å². The highest BCUT2D eigenvalue weighted by Crippen LogP contribution is 2.35. The van der Waals surface area contributed by atoms with E-state index in [2.05, 4.69) is 0 Å². The average Bonchev–Trinajstić information content (AvgIpc) is 2.67. The van der Waals surface area contributed by atoms with Crippen molar-refractivity contribution in [1.29, 1.82) is 0 Å². The first-order chi connectivity index (χ1) is 12.2. The van der Waals surface area contributed by atoms with Crippen molar-refractivity contribution in [3.05, 3.63) is 70.9 Å². The Balaban J connectivity index is 2.06. The van der Waals surface area contributed by atoms with E-state index in [4.69, 9.17) is 13.9 Å². The fourth-order valence-corrected chi connectivity index (χ4v) is 3.09. The quantitative estimate of drug-likeness (QED) is 0.513. The van der Waals surface area contributed by atoms with Gasteiger partial charge in [-0.25, -0.2) is 0 Å².